The van der Waals surface area contributed by atoms with E-state index in [-0.39, 0.29) is 18.2 Å². The SMILES string of the molecule is COc1ccc(OC)c(CC(=O)N2CCc3[nH]nc(C(=O)N4CCN(c5ccccc5C)CC4)c3C2)c1. The molecule has 1 N–H and O–H groups in total. The van der Waals surface area contributed by atoms with Gasteiger partial charge in [-0.05, 0) is 36.8 Å². The van der Waals surface area contributed by atoms with Crippen LogP contribution < -0.4 is 14.4 Å². The van der Waals surface area contributed by atoms with Crippen LogP contribution >= 0.6 is 0 Å². The summed E-state index contributed by atoms with van der Waals surface area (Å²) in [4.78, 5) is 32.7. The number of nitrogens with one attached hydrogen (secondary N) is 1. The molecule has 1 aromatic heterocycles. The molecule has 9 nitrogen and oxygen atoms in total. The highest BCUT2D eigenvalue weighted by Gasteiger charge is 2.31. The summed E-state index contributed by atoms with van der Waals surface area (Å²) < 4.78 is 10.8. The number of rotatable bonds is 6. The van der Waals surface area contributed by atoms with Crippen molar-refractivity contribution in [2.45, 2.75) is 26.3 Å². The standard InChI is InChI=1S/C28H33N5O4/c1-19-6-4-5-7-24(19)31-12-14-32(15-13-31)28(35)27-22-18-33(11-10-23(22)29-30-27)26(34)17-20-16-21(36-2)8-9-25(20)37-3/h4-9,16H,10-15,17-18H2,1-3H3,(H,29,30). The topological polar surface area (TPSA) is 91.0 Å². The van der Waals surface area contributed by atoms with E-state index in [0.29, 0.717) is 49.8 Å². The maximum atomic E-state index is 13.5. The number of amides is 2. The first-order valence-corrected chi connectivity index (χ1v) is 12.6. The first-order valence-electron chi connectivity index (χ1n) is 12.6. The number of fused-ring (bicyclic) bond motifs is 1. The highest BCUT2D eigenvalue weighted by atomic mass is 16.5. The molecular formula is C28H33N5O4. The Kier molecular flexibility index (Phi) is 7.03. The van der Waals surface area contributed by atoms with Gasteiger partial charge in [-0.2, -0.15) is 5.10 Å². The third-order valence-corrected chi connectivity index (χ3v) is 7.34. The fraction of sp³-hybridized carbons (Fsp3) is 0.393. The second kappa shape index (κ2) is 10.5. The van der Waals surface area contributed by atoms with Gasteiger partial charge in [0.05, 0.1) is 20.6 Å². The van der Waals surface area contributed by atoms with Gasteiger partial charge in [-0.15, -0.1) is 0 Å². The Morgan fingerprint density at radius 1 is 0.973 bits per heavy atom. The van der Waals surface area contributed by atoms with Crippen LogP contribution in [0.25, 0.3) is 0 Å². The van der Waals surface area contributed by atoms with Crippen LogP contribution in [0.4, 0.5) is 5.69 Å². The molecule has 0 spiro atoms. The number of aryl methyl sites for hydroxylation is 1. The fourth-order valence-electron chi connectivity index (χ4n) is 5.20. The van der Waals surface area contributed by atoms with Crippen molar-refractivity contribution in [3.63, 3.8) is 0 Å². The predicted octanol–water partition coefficient (Wildman–Crippen LogP) is 2.83. The number of carbonyl (C=O) groups excluding carboxylic acids is 2. The maximum Gasteiger partial charge on any atom is 0.274 e. The van der Waals surface area contributed by atoms with E-state index in [0.717, 1.165) is 29.9 Å². The number of hydrogen-bond donors (Lipinski definition) is 1. The fourth-order valence-corrected chi connectivity index (χ4v) is 5.20. The largest absolute Gasteiger partial charge is 0.497 e. The number of nitrogens with zero attached hydrogens (tertiary/aromatic N) is 4. The number of methoxy groups -OCH3 is 2. The van der Waals surface area contributed by atoms with E-state index in [4.69, 9.17) is 9.47 Å². The van der Waals surface area contributed by atoms with Crippen molar-refractivity contribution in [2.24, 2.45) is 0 Å². The molecule has 0 saturated carbocycles. The number of aromatic nitrogens is 2. The Hall–Kier alpha value is -4.01. The van der Waals surface area contributed by atoms with Crippen LogP contribution in [0.15, 0.2) is 42.5 Å². The summed E-state index contributed by atoms with van der Waals surface area (Å²) >= 11 is 0. The lowest BCUT2D eigenvalue weighted by Gasteiger charge is -2.36. The van der Waals surface area contributed by atoms with E-state index in [9.17, 15) is 9.59 Å². The molecule has 0 radical (unpaired) electrons. The van der Waals surface area contributed by atoms with Gasteiger partial charge in [-0.1, -0.05) is 18.2 Å². The molecule has 1 saturated heterocycles. The minimum absolute atomic E-state index is 0.0244. The minimum atomic E-state index is -0.0781. The van der Waals surface area contributed by atoms with Crippen LogP contribution in [-0.2, 0) is 24.2 Å². The van der Waals surface area contributed by atoms with Crippen molar-refractivity contribution in [1.29, 1.82) is 0 Å². The first-order chi connectivity index (χ1) is 18.0. The number of hydrogen-bond acceptors (Lipinski definition) is 6. The van der Waals surface area contributed by atoms with Crippen LogP contribution in [0.5, 0.6) is 11.5 Å². The van der Waals surface area contributed by atoms with Crippen molar-refractivity contribution >= 4 is 17.5 Å². The van der Waals surface area contributed by atoms with Crippen LogP contribution in [0.1, 0.15) is 32.9 Å². The molecule has 37 heavy (non-hydrogen) atoms. The number of benzene rings is 2. The highest BCUT2D eigenvalue weighted by molar-refractivity contribution is 5.94. The van der Waals surface area contributed by atoms with Crippen molar-refractivity contribution in [2.75, 3.05) is 51.8 Å². The molecule has 194 valence electrons. The quantitative estimate of drug-likeness (QED) is 0.556. The maximum absolute atomic E-state index is 13.5. The lowest BCUT2D eigenvalue weighted by Crippen LogP contribution is -2.49. The van der Waals surface area contributed by atoms with Gasteiger partial charge >= 0.3 is 0 Å². The number of anilines is 1. The molecule has 3 heterocycles. The summed E-state index contributed by atoms with van der Waals surface area (Å²) in [5.74, 6) is 1.22. The normalized spacial score (nSPS) is 15.4. The van der Waals surface area contributed by atoms with Crippen LogP contribution in [-0.4, -0.2) is 78.8 Å². The number of H-pyrrole nitrogens is 1. The summed E-state index contributed by atoms with van der Waals surface area (Å²) in [6.07, 6.45) is 0.829. The van der Waals surface area contributed by atoms with E-state index in [2.05, 4.69) is 34.2 Å². The van der Waals surface area contributed by atoms with Crippen LogP contribution in [0.2, 0.25) is 0 Å². The number of ether oxygens (including phenoxy) is 2. The molecule has 0 unspecified atom stereocenters. The monoisotopic (exact) mass is 503 g/mol. The van der Waals surface area contributed by atoms with Crippen molar-refractivity contribution in [1.82, 2.24) is 20.0 Å². The summed E-state index contributed by atoms with van der Waals surface area (Å²) in [6.45, 7) is 5.86. The predicted molar refractivity (Wildman–Crippen MR) is 140 cm³/mol. The number of para-hydroxylation sites is 1. The Labute approximate surface area is 217 Å². The average Bonchev–Trinajstić information content (AvgIpc) is 3.36. The average molecular weight is 504 g/mol. The molecule has 2 aliphatic heterocycles. The van der Waals surface area contributed by atoms with E-state index >= 15 is 0 Å². The molecule has 2 aliphatic rings. The molecule has 1 fully saturated rings. The van der Waals surface area contributed by atoms with E-state index in [1.807, 2.05) is 35.2 Å². The molecule has 2 amide bonds. The lowest BCUT2D eigenvalue weighted by molar-refractivity contribution is -0.131. The van der Waals surface area contributed by atoms with Crippen LogP contribution in [0.3, 0.4) is 0 Å². The molecule has 3 aromatic rings. The Balaban J connectivity index is 1.26. The van der Waals surface area contributed by atoms with Gasteiger partial charge < -0.3 is 24.2 Å². The summed E-state index contributed by atoms with van der Waals surface area (Å²) in [7, 11) is 3.19. The number of carbonyl (C=O) groups is 2. The Morgan fingerprint density at radius 3 is 2.49 bits per heavy atom. The van der Waals surface area contributed by atoms with E-state index in [1.165, 1.54) is 11.3 Å². The number of aromatic amines is 1. The lowest BCUT2D eigenvalue weighted by atomic mass is 10.0. The summed E-state index contributed by atoms with van der Waals surface area (Å²) in [5, 5.41) is 7.44. The number of piperazine rings is 1. The molecular weight excluding hydrogens is 470 g/mol. The van der Waals surface area contributed by atoms with Gasteiger partial charge in [0.1, 0.15) is 11.5 Å². The van der Waals surface area contributed by atoms with E-state index in [1.54, 1.807) is 19.1 Å². The molecule has 0 atom stereocenters. The zero-order chi connectivity index (χ0) is 25.9. The molecule has 0 aliphatic carbocycles. The van der Waals surface area contributed by atoms with Gasteiger partial charge in [0.2, 0.25) is 5.91 Å². The van der Waals surface area contributed by atoms with Gasteiger partial charge in [0.15, 0.2) is 5.69 Å². The second-order valence-corrected chi connectivity index (χ2v) is 9.51. The van der Waals surface area contributed by atoms with Gasteiger partial charge in [-0.3, -0.25) is 14.7 Å². The third kappa shape index (κ3) is 4.98. The molecule has 0 bridgehead atoms. The highest BCUT2D eigenvalue weighted by Crippen LogP contribution is 2.27. The van der Waals surface area contributed by atoms with E-state index < -0.39 is 0 Å². The zero-order valence-electron chi connectivity index (χ0n) is 21.6. The van der Waals surface area contributed by atoms with Gasteiger partial charge in [-0.25, -0.2) is 0 Å². The second-order valence-electron chi connectivity index (χ2n) is 9.51. The van der Waals surface area contributed by atoms with Crippen LogP contribution in [0, 0.1) is 6.92 Å². The molecule has 9 heteroatoms. The Morgan fingerprint density at radius 2 is 1.76 bits per heavy atom. The summed E-state index contributed by atoms with van der Waals surface area (Å²) in [6, 6.07) is 13.8. The first kappa shape index (κ1) is 24.7. The molecule has 5 rings (SSSR count). The molecule has 2 aromatic carbocycles. The smallest absolute Gasteiger partial charge is 0.274 e. The van der Waals surface area contributed by atoms with Gasteiger partial charge in [0, 0.05) is 68.2 Å². The Bertz CT molecular complexity index is 1300. The van der Waals surface area contributed by atoms with Crippen molar-refractivity contribution in [3.8, 4) is 11.5 Å². The third-order valence-electron chi connectivity index (χ3n) is 7.34. The zero-order valence-corrected chi connectivity index (χ0v) is 21.6. The minimum Gasteiger partial charge on any atom is -0.497 e. The van der Waals surface area contributed by atoms with Gasteiger partial charge in [0.25, 0.3) is 5.91 Å². The van der Waals surface area contributed by atoms with Crippen molar-refractivity contribution < 1.29 is 19.1 Å². The summed E-state index contributed by atoms with van der Waals surface area (Å²) in [5.41, 5.74) is 5.41. The van der Waals surface area contributed by atoms with Crippen molar-refractivity contribution in [3.05, 3.63) is 70.5 Å².